The molecule has 0 saturated carbocycles. The molecular formula is C32H25N. The maximum Gasteiger partial charge on any atom is 0.0463 e. The summed E-state index contributed by atoms with van der Waals surface area (Å²) in [6.07, 6.45) is 4.62. The summed E-state index contributed by atoms with van der Waals surface area (Å²) in [5, 5.41) is 6.07. The van der Waals surface area contributed by atoms with Gasteiger partial charge in [0.1, 0.15) is 0 Å². The molecular weight excluding hydrogens is 398 g/mol. The fourth-order valence-electron chi connectivity index (χ4n) is 4.86. The molecule has 0 atom stereocenters. The van der Waals surface area contributed by atoms with Gasteiger partial charge >= 0.3 is 0 Å². The van der Waals surface area contributed by atoms with Crippen LogP contribution in [-0.4, -0.2) is 0 Å². The predicted octanol–water partition coefficient (Wildman–Crippen LogP) is 8.63. The largest absolute Gasteiger partial charge is 0.355 e. The van der Waals surface area contributed by atoms with Crippen LogP contribution in [0.5, 0.6) is 0 Å². The van der Waals surface area contributed by atoms with Gasteiger partial charge in [-0.1, -0.05) is 97.1 Å². The molecule has 0 radical (unpaired) electrons. The monoisotopic (exact) mass is 423 g/mol. The molecule has 1 aliphatic rings. The molecule has 0 unspecified atom stereocenters. The molecule has 0 amide bonds. The first-order chi connectivity index (χ1) is 16.3. The highest BCUT2D eigenvalue weighted by Gasteiger charge is 2.14. The van der Waals surface area contributed by atoms with Crippen LogP contribution in [0.4, 0.5) is 11.4 Å². The lowest BCUT2D eigenvalue weighted by molar-refractivity contribution is 0.978. The Morgan fingerprint density at radius 2 is 1.33 bits per heavy atom. The molecule has 1 nitrogen and oxygen atoms in total. The zero-order chi connectivity index (χ0) is 22.0. The first-order valence-electron chi connectivity index (χ1n) is 11.6. The molecule has 158 valence electrons. The third-order valence-corrected chi connectivity index (χ3v) is 6.53. The van der Waals surface area contributed by atoms with E-state index in [1.54, 1.807) is 0 Å². The highest BCUT2D eigenvalue weighted by Crippen LogP contribution is 2.34. The number of aryl methyl sites for hydroxylation is 1. The van der Waals surface area contributed by atoms with Crippen molar-refractivity contribution in [2.24, 2.45) is 0 Å². The van der Waals surface area contributed by atoms with Crippen LogP contribution in [0.3, 0.4) is 0 Å². The minimum absolute atomic E-state index is 1.09. The summed E-state index contributed by atoms with van der Waals surface area (Å²) >= 11 is 0. The summed E-state index contributed by atoms with van der Waals surface area (Å²) < 4.78 is 0. The average Bonchev–Trinajstić information content (AvgIpc) is 2.89. The molecule has 1 heteroatoms. The van der Waals surface area contributed by atoms with Gasteiger partial charge in [0.15, 0.2) is 0 Å². The molecule has 0 bridgehead atoms. The molecule has 5 aromatic carbocycles. The second-order valence-electron chi connectivity index (χ2n) is 8.62. The Balaban J connectivity index is 1.28. The Morgan fingerprint density at radius 1 is 0.576 bits per heavy atom. The van der Waals surface area contributed by atoms with E-state index in [4.69, 9.17) is 0 Å². The van der Waals surface area contributed by atoms with E-state index in [9.17, 15) is 0 Å². The third kappa shape index (κ3) is 3.83. The van der Waals surface area contributed by atoms with Gasteiger partial charge in [-0.25, -0.2) is 0 Å². The summed E-state index contributed by atoms with van der Waals surface area (Å²) in [5.41, 5.74) is 10.2. The van der Waals surface area contributed by atoms with Gasteiger partial charge in [-0.2, -0.15) is 0 Å². The fraction of sp³-hybridized carbons (Fsp3) is 0.0625. The van der Waals surface area contributed by atoms with Crippen LogP contribution in [0.2, 0.25) is 0 Å². The van der Waals surface area contributed by atoms with Crippen molar-refractivity contribution >= 4 is 27.7 Å². The number of benzene rings is 5. The van der Waals surface area contributed by atoms with Gasteiger partial charge in [0.05, 0.1) is 0 Å². The number of hydrogen-bond acceptors (Lipinski definition) is 1. The molecule has 33 heavy (non-hydrogen) atoms. The van der Waals surface area contributed by atoms with Crippen molar-refractivity contribution in [1.82, 2.24) is 0 Å². The van der Waals surface area contributed by atoms with E-state index in [1.807, 2.05) is 0 Å². The molecule has 0 aromatic heterocycles. The zero-order valence-corrected chi connectivity index (χ0v) is 18.5. The quantitative estimate of drug-likeness (QED) is 0.305. The van der Waals surface area contributed by atoms with E-state index in [0.717, 1.165) is 24.2 Å². The number of allylic oxidation sites excluding steroid dienone is 1. The van der Waals surface area contributed by atoms with E-state index >= 15 is 0 Å². The van der Waals surface area contributed by atoms with Crippen LogP contribution in [0.1, 0.15) is 23.1 Å². The Labute approximate surface area is 195 Å². The summed E-state index contributed by atoms with van der Waals surface area (Å²) in [6, 6.07) is 41.3. The lowest BCUT2D eigenvalue weighted by Gasteiger charge is -2.18. The van der Waals surface area contributed by atoms with E-state index < -0.39 is 0 Å². The topological polar surface area (TPSA) is 12.0 Å². The highest BCUT2D eigenvalue weighted by atomic mass is 14.9. The van der Waals surface area contributed by atoms with Crippen molar-refractivity contribution in [3.63, 3.8) is 0 Å². The molecule has 0 fully saturated rings. The van der Waals surface area contributed by atoms with Crippen molar-refractivity contribution < 1.29 is 0 Å². The Bertz CT molecular complexity index is 1470. The van der Waals surface area contributed by atoms with Crippen LogP contribution in [0, 0.1) is 0 Å². The first kappa shape index (κ1) is 19.6. The first-order valence-corrected chi connectivity index (χ1v) is 11.6. The van der Waals surface area contributed by atoms with Crippen molar-refractivity contribution in [2.45, 2.75) is 12.8 Å². The maximum atomic E-state index is 3.59. The molecule has 6 rings (SSSR count). The molecule has 1 N–H and O–H groups in total. The van der Waals surface area contributed by atoms with Crippen LogP contribution in [-0.2, 0) is 6.42 Å². The van der Waals surface area contributed by atoms with Crippen molar-refractivity contribution in [3.05, 3.63) is 138 Å². The lowest BCUT2D eigenvalue weighted by atomic mass is 9.86. The second kappa shape index (κ2) is 8.44. The Morgan fingerprint density at radius 3 is 2.27 bits per heavy atom. The minimum Gasteiger partial charge on any atom is -0.355 e. The van der Waals surface area contributed by atoms with Crippen LogP contribution in [0.15, 0.2) is 121 Å². The van der Waals surface area contributed by atoms with E-state index in [-0.39, 0.29) is 0 Å². The van der Waals surface area contributed by atoms with Crippen molar-refractivity contribution in [3.8, 4) is 11.1 Å². The van der Waals surface area contributed by atoms with Crippen LogP contribution in [0.25, 0.3) is 27.5 Å². The van der Waals surface area contributed by atoms with Gasteiger partial charge in [-0.3, -0.25) is 0 Å². The average molecular weight is 424 g/mol. The normalized spacial score (nSPS) is 12.8. The van der Waals surface area contributed by atoms with Crippen LogP contribution < -0.4 is 5.32 Å². The third-order valence-electron chi connectivity index (χ3n) is 6.53. The number of nitrogens with one attached hydrogen (secondary N) is 1. The number of rotatable bonds is 4. The van der Waals surface area contributed by atoms with Crippen molar-refractivity contribution in [1.29, 1.82) is 0 Å². The maximum absolute atomic E-state index is 3.59. The summed E-state index contributed by atoms with van der Waals surface area (Å²) in [6.45, 7) is 0. The molecule has 1 aliphatic carbocycles. The highest BCUT2D eigenvalue weighted by molar-refractivity contribution is 5.95. The minimum atomic E-state index is 1.09. The van der Waals surface area contributed by atoms with Gasteiger partial charge in [0.25, 0.3) is 0 Å². The molecule has 0 aliphatic heterocycles. The van der Waals surface area contributed by atoms with E-state index in [2.05, 4.69) is 127 Å². The van der Waals surface area contributed by atoms with Crippen molar-refractivity contribution in [2.75, 3.05) is 5.32 Å². The van der Waals surface area contributed by atoms with Gasteiger partial charge in [-0.05, 0) is 75.9 Å². The molecule has 0 heterocycles. The number of hydrogen-bond donors (Lipinski definition) is 1. The van der Waals surface area contributed by atoms with E-state index in [1.165, 1.54) is 44.2 Å². The Kier molecular flexibility index (Phi) is 5.01. The zero-order valence-electron chi connectivity index (χ0n) is 18.5. The van der Waals surface area contributed by atoms with Gasteiger partial charge in [0, 0.05) is 16.8 Å². The molecule has 0 saturated heterocycles. The lowest BCUT2D eigenvalue weighted by Crippen LogP contribution is -2.00. The van der Waals surface area contributed by atoms with E-state index in [0.29, 0.717) is 0 Å². The van der Waals surface area contributed by atoms with Gasteiger partial charge in [-0.15, -0.1) is 0 Å². The fourth-order valence-corrected chi connectivity index (χ4v) is 4.86. The molecule has 5 aromatic rings. The van der Waals surface area contributed by atoms with Crippen LogP contribution >= 0.6 is 0 Å². The number of anilines is 2. The standard InChI is InChI=1S/C32H25N/c1-3-14-29-24(8-1)10-6-16-30(29)27-13-5-12-26(22-27)23-18-20-28(21-19-23)33-32-17-7-11-25-9-2-4-15-31(25)32/h1-5,7-9,11-22,33H,6,10H2. The summed E-state index contributed by atoms with van der Waals surface area (Å²) in [5.74, 6) is 0. The van der Waals surface area contributed by atoms with Gasteiger partial charge in [0.2, 0.25) is 0 Å². The number of fused-ring (bicyclic) bond motifs is 2. The SMILES string of the molecule is C1=C(c2cccc(-c3ccc(Nc4cccc5ccccc45)cc3)c2)c2ccccc2CC1. The predicted molar refractivity (Wildman–Crippen MR) is 141 cm³/mol. The summed E-state index contributed by atoms with van der Waals surface area (Å²) in [7, 11) is 0. The molecule has 0 spiro atoms. The smallest absolute Gasteiger partial charge is 0.0463 e. The Hall–Kier alpha value is -4.10. The second-order valence-corrected chi connectivity index (χ2v) is 8.62. The summed E-state index contributed by atoms with van der Waals surface area (Å²) in [4.78, 5) is 0. The van der Waals surface area contributed by atoms with Gasteiger partial charge < -0.3 is 5.32 Å².